The molecule has 0 bridgehead atoms. The minimum absolute atomic E-state index is 0.184. The summed E-state index contributed by atoms with van der Waals surface area (Å²) in [5, 5.41) is 2.66. The van der Waals surface area contributed by atoms with Crippen molar-refractivity contribution in [3.05, 3.63) is 24.2 Å². The Morgan fingerprint density at radius 1 is 1.71 bits per heavy atom. The Labute approximate surface area is 83.4 Å². The number of rotatable bonds is 4. The van der Waals surface area contributed by atoms with Gasteiger partial charge >= 0.3 is 0 Å². The third-order valence-corrected chi connectivity index (χ3v) is 1.75. The van der Waals surface area contributed by atoms with E-state index in [-0.39, 0.29) is 5.91 Å². The number of imidazole rings is 1. The van der Waals surface area contributed by atoms with Crippen molar-refractivity contribution < 1.29 is 4.79 Å². The summed E-state index contributed by atoms with van der Waals surface area (Å²) in [7, 11) is 0. The predicted molar refractivity (Wildman–Crippen MR) is 56.0 cm³/mol. The lowest BCUT2D eigenvalue weighted by atomic mass is 10.3. The lowest BCUT2D eigenvalue weighted by molar-refractivity contribution is -0.112. The van der Waals surface area contributed by atoms with Crippen molar-refractivity contribution in [3.63, 3.8) is 0 Å². The largest absolute Gasteiger partial charge is 0.329 e. The van der Waals surface area contributed by atoms with Crippen LogP contribution in [0.1, 0.15) is 26.1 Å². The van der Waals surface area contributed by atoms with Gasteiger partial charge in [-0.2, -0.15) is 0 Å². The molecule has 1 aromatic rings. The fourth-order valence-electron chi connectivity index (χ4n) is 1.02. The maximum Gasteiger partial charge on any atom is 0.251 e. The molecule has 0 aliphatic carbocycles. The molecule has 0 unspecified atom stereocenters. The summed E-state index contributed by atoms with van der Waals surface area (Å²) >= 11 is 0. The Morgan fingerprint density at radius 3 is 3.00 bits per heavy atom. The minimum atomic E-state index is -0.184. The summed E-state index contributed by atoms with van der Waals surface area (Å²) in [5.41, 5.74) is 0.483. The zero-order chi connectivity index (χ0) is 10.6. The van der Waals surface area contributed by atoms with Crippen molar-refractivity contribution in [2.45, 2.75) is 26.7 Å². The van der Waals surface area contributed by atoms with E-state index in [4.69, 9.17) is 0 Å². The maximum absolute atomic E-state index is 11.2. The lowest BCUT2D eigenvalue weighted by Gasteiger charge is -1.99. The first-order chi connectivity index (χ1) is 6.63. The zero-order valence-corrected chi connectivity index (χ0v) is 8.55. The van der Waals surface area contributed by atoms with Gasteiger partial charge in [0.2, 0.25) is 0 Å². The van der Waals surface area contributed by atoms with Crippen molar-refractivity contribution in [2.75, 3.05) is 5.32 Å². The summed E-state index contributed by atoms with van der Waals surface area (Å²) in [5.74, 6) is 1.34. The Morgan fingerprint density at radius 2 is 2.43 bits per heavy atom. The molecule has 1 amide bonds. The molecule has 4 heteroatoms. The average Bonchev–Trinajstić information content (AvgIpc) is 2.53. The molecule has 4 nitrogen and oxygen atoms in total. The summed E-state index contributed by atoms with van der Waals surface area (Å²) in [6, 6.07) is 0. The summed E-state index contributed by atoms with van der Waals surface area (Å²) < 4.78 is 0. The van der Waals surface area contributed by atoms with Gasteiger partial charge in [0.1, 0.15) is 11.6 Å². The topological polar surface area (TPSA) is 57.8 Å². The highest BCUT2D eigenvalue weighted by molar-refractivity contribution is 6.02. The van der Waals surface area contributed by atoms with Crippen LogP contribution in [0, 0.1) is 0 Å². The first-order valence-corrected chi connectivity index (χ1v) is 4.64. The highest BCUT2D eigenvalue weighted by atomic mass is 16.1. The van der Waals surface area contributed by atoms with Crippen molar-refractivity contribution in [2.24, 2.45) is 0 Å². The molecule has 0 fully saturated rings. The van der Waals surface area contributed by atoms with Crippen molar-refractivity contribution in [1.82, 2.24) is 9.97 Å². The van der Waals surface area contributed by atoms with Crippen molar-refractivity contribution >= 4 is 11.7 Å². The van der Waals surface area contributed by atoms with Gasteiger partial charge in [0.25, 0.3) is 5.91 Å². The predicted octanol–water partition coefficient (Wildman–Crippen LogP) is 1.88. The third-order valence-electron chi connectivity index (χ3n) is 1.75. The third kappa shape index (κ3) is 2.73. The average molecular weight is 193 g/mol. The van der Waals surface area contributed by atoms with E-state index < -0.39 is 0 Å². The molecule has 0 aromatic carbocycles. The van der Waals surface area contributed by atoms with E-state index in [1.165, 1.54) is 0 Å². The van der Waals surface area contributed by atoms with E-state index in [0.717, 1.165) is 18.7 Å². The molecular formula is C10H15N3O. The number of anilines is 1. The van der Waals surface area contributed by atoms with Crippen LogP contribution in [-0.2, 0) is 11.2 Å². The quantitative estimate of drug-likeness (QED) is 0.717. The smallest absolute Gasteiger partial charge is 0.251 e. The van der Waals surface area contributed by atoms with Crippen LogP contribution in [0.2, 0.25) is 0 Å². The molecule has 0 spiro atoms. The van der Waals surface area contributed by atoms with E-state index >= 15 is 0 Å². The molecule has 0 saturated carbocycles. The second-order valence-electron chi connectivity index (χ2n) is 3.23. The van der Waals surface area contributed by atoms with Gasteiger partial charge in [0, 0.05) is 12.0 Å². The van der Waals surface area contributed by atoms with Gasteiger partial charge in [-0.25, -0.2) is 4.98 Å². The van der Waals surface area contributed by atoms with Crippen LogP contribution >= 0.6 is 0 Å². The molecule has 76 valence electrons. The molecule has 0 radical (unpaired) electrons. The van der Waals surface area contributed by atoms with E-state index in [1.807, 2.05) is 0 Å². The normalized spacial score (nSPS) is 9.86. The van der Waals surface area contributed by atoms with Crippen LogP contribution in [0.4, 0.5) is 5.82 Å². The van der Waals surface area contributed by atoms with E-state index in [2.05, 4.69) is 28.8 Å². The number of carbonyl (C=O) groups is 1. The molecular weight excluding hydrogens is 178 g/mol. The molecule has 0 aliphatic rings. The van der Waals surface area contributed by atoms with E-state index in [1.54, 1.807) is 13.1 Å². The molecule has 0 aliphatic heterocycles. The van der Waals surface area contributed by atoms with Crippen LogP contribution in [0.25, 0.3) is 0 Å². The highest BCUT2D eigenvalue weighted by Gasteiger charge is 2.04. The Hall–Kier alpha value is -1.58. The monoisotopic (exact) mass is 193 g/mol. The first-order valence-electron chi connectivity index (χ1n) is 4.64. The van der Waals surface area contributed by atoms with Crippen molar-refractivity contribution in [1.29, 1.82) is 0 Å². The van der Waals surface area contributed by atoms with Crippen LogP contribution in [-0.4, -0.2) is 15.9 Å². The van der Waals surface area contributed by atoms with Gasteiger partial charge < -0.3 is 10.3 Å². The van der Waals surface area contributed by atoms with Gasteiger partial charge in [-0.05, 0) is 13.3 Å². The van der Waals surface area contributed by atoms with Gasteiger partial charge in [-0.15, -0.1) is 0 Å². The fraction of sp³-hybridized carbons (Fsp3) is 0.400. The van der Waals surface area contributed by atoms with Gasteiger partial charge in [-0.1, -0.05) is 13.5 Å². The zero-order valence-electron chi connectivity index (χ0n) is 8.55. The number of aromatic amines is 1. The van der Waals surface area contributed by atoms with Crippen LogP contribution in [0.5, 0.6) is 0 Å². The molecule has 0 saturated heterocycles. The molecule has 1 rings (SSSR count). The number of carbonyl (C=O) groups excluding carboxylic acids is 1. The van der Waals surface area contributed by atoms with Crippen LogP contribution in [0.15, 0.2) is 18.3 Å². The van der Waals surface area contributed by atoms with Crippen LogP contribution in [0.3, 0.4) is 0 Å². The van der Waals surface area contributed by atoms with E-state index in [0.29, 0.717) is 11.4 Å². The van der Waals surface area contributed by atoms with Gasteiger partial charge in [0.05, 0.1) is 6.20 Å². The standard InChI is InChI=1S/C10H15N3O/c1-4-5-8-11-6-9(12-8)13-10(14)7(2)3/h6H,2,4-5H2,1,3H3,(H,11,12)(H,13,14). The number of aryl methyl sites for hydroxylation is 1. The van der Waals surface area contributed by atoms with Crippen LogP contribution < -0.4 is 5.32 Å². The first kappa shape index (κ1) is 10.5. The summed E-state index contributed by atoms with van der Waals surface area (Å²) in [6.07, 6.45) is 3.54. The number of hydrogen-bond donors (Lipinski definition) is 2. The molecule has 1 heterocycles. The minimum Gasteiger partial charge on any atom is -0.329 e. The number of nitrogens with one attached hydrogen (secondary N) is 2. The highest BCUT2D eigenvalue weighted by Crippen LogP contribution is 2.06. The maximum atomic E-state index is 11.2. The molecule has 14 heavy (non-hydrogen) atoms. The number of amides is 1. The molecule has 2 N–H and O–H groups in total. The number of hydrogen-bond acceptors (Lipinski definition) is 2. The lowest BCUT2D eigenvalue weighted by Crippen LogP contribution is -2.11. The second-order valence-corrected chi connectivity index (χ2v) is 3.23. The SMILES string of the molecule is C=C(C)C(=O)Nc1cnc(CCC)[nH]1. The second kappa shape index (κ2) is 4.60. The Kier molecular flexibility index (Phi) is 3.45. The van der Waals surface area contributed by atoms with Gasteiger partial charge in [-0.3, -0.25) is 4.79 Å². The summed E-state index contributed by atoms with van der Waals surface area (Å²) in [6.45, 7) is 7.29. The van der Waals surface area contributed by atoms with Crippen molar-refractivity contribution in [3.8, 4) is 0 Å². The number of aromatic nitrogens is 2. The van der Waals surface area contributed by atoms with Gasteiger partial charge in [0.15, 0.2) is 0 Å². The number of nitrogens with zero attached hydrogens (tertiary/aromatic N) is 1. The Balaban J connectivity index is 2.59. The van der Waals surface area contributed by atoms with E-state index in [9.17, 15) is 4.79 Å². The fourth-order valence-corrected chi connectivity index (χ4v) is 1.02. The Bertz CT molecular complexity index is 341. The number of H-pyrrole nitrogens is 1. The molecule has 0 atom stereocenters. The molecule has 1 aromatic heterocycles. The summed E-state index contributed by atoms with van der Waals surface area (Å²) in [4.78, 5) is 18.4.